The first-order valence-electron chi connectivity index (χ1n) is 5.44. The number of nitrogens with two attached hydrogens (primary N) is 1. The molecule has 0 bridgehead atoms. The summed E-state index contributed by atoms with van der Waals surface area (Å²) >= 11 is 0. The van der Waals surface area contributed by atoms with Gasteiger partial charge in [0.25, 0.3) is 5.69 Å². The molecular formula is C10H12F3N3O4S. The standard InChI is InChI=1S/C10H12F3N3O4S/c1-6-3-7(14)8(16(17)18)4-9(6)21(19,20)15(2)5-10(11,12)13/h3-4H,5,14H2,1-2H3. The van der Waals surface area contributed by atoms with E-state index in [-0.39, 0.29) is 15.6 Å². The number of hydrogen-bond acceptors (Lipinski definition) is 5. The highest BCUT2D eigenvalue weighted by molar-refractivity contribution is 7.89. The molecule has 11 heteroatoms. The zero-order valence-electron chi connectivity index (χ0n) is 11.0. The van der Waals surface area contributed by atoms with Crippen LogP contribution in [0.4, 0.5) is 24.5 Å². The van der Waals surface area contributed by atoms with E-state index in [1.165, 1.54) is 6.92 Å². The molecule has 118 valence electrons. The van der Waals surface area contributed by atoms with Crippen molar-refractivity contribution in [1.29, 1.82) is 0 Å². The zero-order chi connectivity index (χ0) is 16.6. The number of nitro groups is 1. The summed E-state index contributed by atoms with van der Waals surface area (Å²) in [5.41, 5.74) is 4.45. The lowest BCUT2D eigenvalue weighted by atomic mass is 10.2. The predicted octanol–water partition coefficient (Wildman–Crippen LogP) is 1.67. The van der Waals surface area contributed by atoms with Crippen LogP contribution in [-0.2, 0) is 10.0 Å². The van der Waals surface area contributed by atoms with Crippen molar-refractivity contribution in [3.05, 3.63) is 27.8 Å². The minimum atomic E-state index is -4.73. The van der Waals surface area contributed by atoms with Crippen molar-refractivity contribution in [3.63, 3.8) is 0 Å². The predicted molar refractivity (Wildman–Crippen MR) is 68.1 cm³/mol. The molecule has 0 aliphatic rings. The fraction of sp³-hybridized carbons (Fsp3) is 0.400. The molecule has 2 N–H and O–H groups in total. The van der Waals surface area contributed by atoms with E-state index < -0.39 is 38.3 Å². The Morgan fingerprint density at radius 2 is 1.90 bits per heavy atom. The first kappa shape index (κ1) is 17.2. The fourth-order valence-corrected chi connectivity index (χ4v) is 3.02. The van der Waals surface area contributed by atoms with Gasteiger partial charge in [-0.2, -0.15) is 17.5 Å². The van der Waals surface area contributed by atoms with Crippen LogP contribution in [0.5, 0.6) is 0 Å². The third kappa shape index (κ3) is 3.82. The zero-order valence-corrected chi connectivity index (χ0v) is 11.8. The Labute approximate surface area is 118 Å². The van der Waals surface area contributed by atoms with Gasteiger partial charge in [-0.3, -0.25) is 10.1 Å². The highest BCUT2D eigenvalue weighted by Gasteiger charge is 2.36. The van der Waals surface area contributed by atoms with Crippen LogP contribution in [0.25, 0.3) is 0 Å². The van der Waals surface area contributed by atoms with Crippen LogP contribution in [0, 0.1) is 17.0 Å². The second-order valence-corrected chi connectivity index (χ2v) is 6.32. The van der Waals surface area contributed by atoms with E-state index in [2.05, 4.69) is 0 Å². The minimum absolute atomic E-state index is 0.0205. The summed E-state index contributed by atoms with van der Waals surface area (Å²) in [5, 5.41) is 10.7. The van der Waals surface area contributed by atoms with Crippen molar-refractivity contribution in [2.75, 3.05) is 19.3 Å². The van der Waals surface area contributed by atoms with Crippen LogP contribution in [0.3, 0.4) is 0 Å². The summed E-state index contributed by atoms with van der Waals surface area (Å²) in [6.07, 6.45) is -4.73. The molecule has 0 amide bonds. The van der Waals surface area contributed by atoms with Crippen LogP contribution in [0.1, 0.15) is 5.56 Å². The summed E-state index contributed by atoms with van der Waals surface area (Å²) in [7, 11) is -3.78. The maximum Gasteiger partial charge on any atom is 0.402 e. The molecule has 1 aromatic rings. The van der Waals surface area contributed by atoms with Gasteiger partial charge in [0.2, 0.25) is 10.0 Å². The second kappa shape index (κ2) is 5.48. The SMILES string of the molecule is Cc1cc(N)c([N+](=O)[O-])cc1S(=O)(=O)N(C)CC(F)(F)F. The van der Waals surface area contributed by atoms with Crippen molar-refractivity contribution < 1.29 is 26.5 Å². The monoisotopic (exact) mass is 327 g/mol. The van der Waals surface area contributed by atoms with Crippen LogP contribution in [0.15, 0.2) is 17.0 Å². The Hall–Kier alpha value is -1.88. The van der Waals surface area contributed by atoms with Gasteiger partial charge in [0.15, 0.2) is 0 Å². The highest BCUT2D eigenvalue weighted by Crippen LogP contribution is 2.30. The largest absolute Gasteiger partial charge is 0.402 e. The third-order valence-electron chi connectivity index (χ3n) is 2.61. The van der Waals surface area contributed by atoms with Crippen molar-refractivity contribution in [2.45, 2.75) is 18.0 Å². The maximum absolute atomic E-state index is 12.3. The molecule has 7 nitrogen and oxygen atoms in total. The Bertz CT molecular complexity index is 673. The Balaban J connectivity index is 3.38. The van der Waals surface area contributed by atoms with E-state index in [9.17, 15) is 31.7 Å². The third-order valence-corrected chi connectivity index (χ3v) is 4.56. The Morgan fingerprint density at radius 3 is 2.33 bits per heavy atom. The fourth-order valence-electron chi connectivity index (χ4n) is 1.64. The second-order valence-electron chi connectivity index (χ2n) is 4.31. The van der Waals surface area contributed by atoms with Crippen LogP contribution in [-0.4, -0.2) is 37.4 Å². The molecule has 0 unspecified atom stereocenters. The van der Waals surface area contributed by atoms with Crippen molar-refractivity contribution in [2.24, 2.45) is 0 Å². The van der Waals surface area contributed by atoms with Crippen molar-refractivity contribution in [3.8, 4) is 0 Å². The van der Waals surface area contributed by atoms with Gasteiger partial charge < -0.3 is 5.73 Å². The number of alkyl halides is 3. The summed E-state index contributed by atoms with van der Waals surface area (Å²) in [5.74, 6) is 0. The number of nitrogens with zero attached hydrogens (tertiary/aromatic N) is 2. The molecular weight excluding hydrogens is 315 g/mol. The molecule has 0 saturated carbocycles. The van der Waals surface area contributed by atoms with E-state index in [0.717, 1.165) is 13.1 Å². The van der Waals surface area contributed by atoms with Gasteiger partial charge in [-0.05, 0) is 18.6 Å². The first-order valence-corrected chi connectivity index (χ1v) is 6.88. The van der Waals surface area contributed by atoms with Gasteiger partial charge >= 0.3 is 6.18 Å². The Kier molecular flexibility index (Phi) is 4.48. The molecule has 0 aliphatic carbocycles. The molecule has 0 atom stereocenters. The average molecular weight is 327 g/mol. The van der Waals surface area contributed by atoms with Crippen molar-refractivity contribution in [1.82, 2.24) is 4.31 Å². The average Bonchev–Trinajstić information content (AvgIpc) is 2.25. The number of hydrogen-bond donors (Lipinski definition) is 1. The highest BCUT2D eigenvalue weighted by atomic mass is 32.2. The van der Waals surface area contributed by atoms with Crippen molar-refractivity contribution >= 4 is 21.4 Å². The summed E-state index contributed by atoms with van der Waals surface area (Å²) in [6, 6.07) is 1.69. The minimum Gasteiger partial charge on any atom is -0.393 e. The first-order chi connectivity index (χ1) is 9.36. The molecule has 1 rings (SSSR count). The van der Waals surface area contributed by atoms with E-state index in [1.807, 2.05) is 0 Å². The van der Waals surface area contributed by atoms with Crippen LogP contribution in [0.2, 0.25) is 0 Å². The molecule has 0 aliphatic heterocycles. The molecule has 0 fully saturated rings. The molecule has 21 heavy (non-hydrogen) atoms. The van der Waals surface area contributed by atoms with Gasteiger partial charge in [0, 0.05) is 13.1 Å². The van der Waals surface area contributed by atoms with Crippen LogP contribution >= 0.6 is 0 Å². The van der Waals surface area contributed by atoms with E-state index in [1.54, 1.807) is 0 Å². The maximum atomic E-state index is 12.3. The number of benzene rings is 1. The summed E-state index contributed by atoms with van der Waals surface area (Å²) in [6.45, 7) is -0.415. The number of nitro benzene ring substituents is 1. The molecule has 1 aromatic carbocycles. The topological polar surface area (TPSA) is 107 Å². The van der Waals surface area contributed by atoms with Gasteiger partial charge in [-0.25, -0.2) is 8.42 Å². The lowest BCUT2D eigenvalue weighted by Crippen LogP contribution is -2.36. The lowest BCUT2D eigenvalue weighted by Gasteiger charge is -2.20. The molecule has 0 heterocycles. The van der Waals surface area contributed by atoms with Gasteiger partial charge in [0.1, 0.15) is 12.2 Å². The number of nitrogen functional groups attached to an aromatic ring is 1. The van der Waals surface area contributed by atoms with Crippen LogP contribution < -0.4 is 5.73 Å². The molecule has 0 radical (unpaired) electrons. The van der Waals surface area contributed by atoms with E-state index >= 15 is 0 Å². The Morgan fingerprint density at radius 1 is 1.38 bits per heavy atom. The van der Waals surface area contributed by atoms with Gasteiger partial charge in [-0.1, -0.05) is 0 Å². The molecule has 0 aromatic heterocycles. The number of aryl methyl sites for hydroxylation is 1. The number of rotatable bonds is 4. The lowest BCUT2D eigenvalue weighted by molar-refractivity contribution is -0.384. The smallest absolute Gasteiger partial charge is 0.393 e. The number of sulfonamides is 1. The van der Waals surface area contributed by atoms with E-state index in [0.29, 0.717) is 6.07 Å². The summed E-state index contributed by atoms with van der Waals surface area (Å²) < 4.78 is 61.1. The molecule has 0 spiro atoms. The van der Waals surface area contributed by atoms with Gasteiger partial charge in [-0.15, -0.1) is 0 Å². The number of halogens is 3. The summed E-state index contributed by atoms with van der Waals surface area (Å²) in [4.78, 5) is 9.25. The normalized spacial score (nSPS) is 12.7. The van der Waals surface area contributed by atoms with E-state index in [4.69, 9.17) is 5.73 Å². The quantitative estimate of drug-likeness (QED) is 0.514. The molecule has 0 saturated heterocycles. The number of anilines is 1. The van der Waals surface area contributed by atoms with Gasteiger partial charge in [0.05, 0.1) is 9.82 Å².